The van der Waals surface area contributed by atoms with Crippen LogP contribution >= 0.6 is 0 Å². The number of likely N-dealkylation sites (N-methyl/N-ethyl adjacent to an activating group) is 1. The fraction of sp³-hybridized carbons (Fsp3) is 0.421. The van der Waals surface area contributed by atoms with Crippen molar-refractivity contribution in [1.82, 2.24) is 9.55 Å². The summed E-state index contributed by atoms with van der Waals surface area (Å²) in [5.74, 6) is 0.386. The zero-order valence-electron chi connectivity index (χ0n) is 15.2. The molecular formula is C19H24N4O3. The molecule has 0 atom stereocenters. The summed E-state index contributed by atoms with van der Waals surface area (Å²) < 4.78 is 6.58. The van der Waals surface area contributed by atoms with E-state index in [2.05, 4.69) is 9.88 Å². The molecule has 0 radical (unpaired) electrons. The molecule has 0 spiro atoms. The van der Waals surface area contributed by atoms with Crippen molar-refractivity contribution >= 4 is 17.5 Å². The average molecular weight is 356 g/mol. The summed E-state index contributed by atoms with van der Waals surface area (Å²) >= 11 is 0. The number of ether oxygens (including phenoxy) is 1. The number of hydrogen-bond acceptors (Lipinski definition) is 5. The highest BCUT2D eigenvalue weighted by atomic mass is 16.5. The van der Waals surface area contributed by atoms with Crippen molar-refractivity contribution in [3.05, 3.63) is 52.4 Å². The van der Waals surface area contributed by atoms with Gasteiger partial charge in [-0.3, -0.25) is 14.2 Å². The second-order valence-electron chi connectivity index (χ2n) is 6.39. The number of para-hydroxylation sites is 1. The van der Waals surface area contributed by atoms with Crippen molar-refractivity contribution in [1.29, 1.82) is 0 Å². The molecule has 0 N–H and O–H groups in total. The van der Waals surface area contributed by atoms with E-state index in [1.54, 1.807) is 19.1 Å². The molecule has 7 heteroatoms. The Hall–Kier alpha value is -2.67. The average Bonchev–Trinajstić information content (AvgIpc) is 3.18. The molecule has 7 nitrogen and oxygen atoms in total. The first-order valence-corrected chi connectivity index (χ1v) is 8.76. The Morgan fingerprint density at radius 1 is 1.23 bits per heavy atom. The molecule has 2 heterocycles. The second kappa shape index (κ2) is 8.14. The van der Waals surface area contributed by atoms with Crippen molar-refractivity contribution in [2.45, 2.75) is 26.0 Å². The van der Waals surface area contributed by atoms with Gasteiger partial charge in [0.2, 0.25) is 11.9 Å². The molecule has 0 aliphatic carbocycles. The summed E-state index contributed by atoms with van der Waals surface area (Å²) in [5, 5.41) is 0. The third-order valence-corrected chi connectivity index (χ3v) is 4.53. The summed E-state index contributed by atoms with van der Waals surface area (Å²) in [6.45, 7) is 1.91. The predicted molar refractivity (Wildman–Crippen MR) is 101 cm³/mol. The molecule has 2 aromatic rings. The van der Waals surface area contributed by atoms with Gasteiger partial charge >= 0.3 is 0 Å². The van der Waals surface area contributed by atoms with E-state index < -0.39 is 0 Å². The number of carbonyl (C=O) groups excluding carboxylic acids is 1. The molecule has 1 aromatic heterocycles. The van der Waals surface area contributed by atoms with Gasteiger partial charge in [0.1, 0.15) is 6.54 Å². The van der Waals surface area contributed by atoms with E-state index in [-0.39, 0.29) is 24.6 Å². The van der Waals surface area contributed by atoms with Gasteiger partial charge < -0.3 is 14.5 Å². The maximum Gasteiger partial charge on any atom is 0.255 e. The number of hydrogen-bond donors (Lipinski definition) is 0. The summed E-state index contributed by atoms with van der Waals surface area (Å²) in [7, 11) is 3.28. The standard InChI is InChI=1S/C19H24N4O3/c1-21(16-8-4-3-5-9-16)18(25)13-23-17(24)12-15(14-26-2)20-19(23)22-10-6-7-11-22/h3-5,8-9,12H,6-7,10-11,13-14H2,1-2H3. The van der Waals surface area contributed by atoms with Crippen molar-refractivity contribution in [2.24, 2.45) is 0 Å². The predicted octanol–water partition coefficient (Wildman–Crippen LogP) is 1.65. The van der Waals surface area contributed by atoms with Crippen LogP contribution in [-0.2, 0) is 22.7 Å². The van der Waals surface area contributed by atoms with Crippen molar-refractivity contribution in [2.75, 3.05) is 37.0 Å². The van der Waals surface area contributed by atoms with Crippen LogP contribution in [0.4, 0.5) is 11.6 Å². The molecule has 138 valence electrons. The fourth-order valence-corrected chi connectivity index (χ4v) is 3.11. The van der Waals surface area contributed by atoms with Gasteiger partial charge in [-0.05, 0) is 25.0 Å². The molecule has 3 rings (SSSR count). The van der Waals surface area contributed by atoms with Crippen molar-refractivity contribution in [3.8, 4) is 0 Å². The molecule has 1 aliphatic heterocycles. The van der Waals surface area contributed by atoms with Crippen LogP contribution in [0.3, 0.4) is 0 Å². The largest absolute Gasteiger partial charge is 0.378 e. The molecule has 26 heavy (non-hydrogen) atoms. The topological polar surface area (TPSA) is 67.7 Å². The zero-order valence-corrected chi connectivity index (χ0v) is 15.2. The molecule has 0 bridgehead atoms. The number of methoxy groups -OCH3 is 1. The number of amides is 1. The first-order valence-electron chi connectivity index (χ1n) is 8.76. The lowest BCUT2D eigenvalue weighted by molar-refractivity contribution is -0.118. The third-order valence-electron chi connectivity index (χ3n) is 4.53. The molecule has 1 aliphatic rings. The minimum atomic E-state index is -0.233. The second-order valence-corrected chi connectivity index (χ2v) is 6.39. The van der Waals surface area contributed by atoms with Gasteiger partial charge in [-0.25, -0.2) is 4.98 Å². The molecule has 0 unspecified atom stereocenters. The van der Waals surface area contributed by atoms with E-state index in [0.29, 0.717) is 11.6 Å². The highest BCUT2D eigenvalue weighted by Gasteiger charge is 2.22. The van der Waals surface area contributed by atoms with Gasteiger partial charge in [-0.1, -0.05) is 18.2 Å². The van der Waals surface area contributed by atoms with Crippen LogP contribution in [0.15, 0.2) is 41.2 Å². The van der Waals surface area contributed by atoms with Gasteiger partial charge in [0.15, 0.2) is 0 Å². The van der Waals surface area contributed by atoms with Crippen LogP contribution in [0.1, 0.15) is 18.5 Å². The van der Waals surface area contributed by atoms with Gasteiger partial charge in [0.25, 0.3) is 5.56 Å². The van der Waals surface area contributed by atoms with E-state index >= 15 is 0 Å². The van der Waals surface area contributed by atoms with E-state index in [1.807, 2.05) is 30.3 Å². The summed E-state index contributed by atoms with van der Waals surface area (Å²) in [4.78, 5) is 33.6. The highest BCUT2D eigenvalue weighted by molar-refractivity contribution is 5.92. The first-order chi connectivity index (χ1) is 12.6. The fourth-order valence-electron chi connectivity index (χ4n) is 3.11. The Morgan fingerprint density at radius 3 is 2.58 bits per heavy atom. The number of nitrogens with zero attached hydrogens (tertiary/aromatic N) is 4. The van der Waals surface area contributed by atoms with Gasteiger partial charge in [-0.15, -0.1) is 0 Å². The van der Waals surface area contributed by atoms with Gasteiger partial charge in [0, 0.05) is 39.0 Å². The van der Waals surface area contributed by atoms with E-state index in [4.69, 9.17) is 4.74 Å². The quantitative estimate of drug-likeness (QED) is 0.787. The minimum absolute atomic E-state index is 0.0453. The van der Waals surface area contributed by atoms with E-state index in [0.717, 1.165) is 31.6 Å². The third kappa shape index (κ3) is 3.94. The number of rotatable bonds is 6. The lowest BCUT2D eigenvalue weighted by Gasteiger charge is -2.23. The SMILES string of the molecule is COCc1cc(=O)n(CC(=O)N(C)c2ccccc2)c(N2CCCC2)n1. The first kappa shape index (κ1) is 18.1. The van der Waals surface area contributed by atoms with Gasteiger partial charge in [-0.2, -0.15) is 0 Å². The monoisotopic (exact) mass is 356 g/mol. The molecule has 1 amide bonds. The normalized spacial score (nSPS) is 13.8. The Bertz CT molecular complexity index is 813. The van der Waals surface area contributed by atoms with Crippen molar-refractivity contribution in [3.63, 3.8) is 0 Å². The molecule has 1 aromatic carbocycles. The van der Waals surface area contributed by atoms with E-state index in [1.165, 1.54) is 10.6 Å². The van der Waals surface area contributed by atoms with Crippen LogP contribution in [-0.4, -0.2) is 42.7 Å². The number of anilines is 2. The number of carbonyl (C=O) groups is 1. The van der Waals surface area contributed by atoms with E-state index in [9.17, 15) is 9.59 Å². The van der Waals surface area contributed by atoms with Crippen LogP contribution in [0.5, 0.6) is 0 Å². The van der Waals surface area contributed by atoms with Crippen LogP contribution < -0.4 is 15.4 Å². The Balaban J connectivity index is 1.90. The Morgan fingerprint density at radius 2 is 1.92 bits per heavy atom. The maximum atomic E-state index is 12.7. The van der Waals surface area contributed by atoms with Crippen LogP contribution in [0, 0.1) is 0 Å². The molecular weight excluding hydrogens is 332 g/mol. The zero-order chi connectivity index (χ0) is 18.5. The Labute approximate surface area is 152 Å². The number of aromatic nitrogens is 2. The smallest absolute Gasteiger partial charge is 0.255 e. The summed E-state index contributed by atoms with van der Waals surface area (Å²) in [5.41, 5.74) is 1.14. The highest BCUT2D eigenvalue weighted by Crippen LogP contribution is 2.18. The molecule has 1 fully saturated rings. The lowest BCUT2D eigenvalue weighted by Crippen LogP contribution is -2.37. The number of benzene rings is 1. The van der Waals surface area contributed by atoms with Crippen molar-refractivity contribution < 1.29 is 9.53 Å². The maximum absolute atomic E-state index is 12.7. The van der Waals surface area contributed by atoms with Gasteiger partial charge in [0.05, 0.1) is 12.3 Å². The summed E-state index contributed by atoms with van der Waals surface area (Å²) in [6, 6.07) is 10.8. The summed E-state index contributed by atoms with van der Waals surface area (Å²) in [6.07, 6.45) is 2.12. The Kier molecular flexibility index (Phi) is 5.68. The molecule has 0 saturated carbocycles. The van der Waals surface area contributed by atoms with Crippen LogP contribution in [0.25, 0.3) is 0 Å². The minimum Gasteiger partial charge on any atom is -0.378 e. The lowest BCUT2D eigenvalue weighted by atomic mass is 10.3. The van der Waals surface area contributed by atoms with Crippen LogP contribution in [0.2, 0.25) is 0 Å². The molecule has 1 saturated heterocycles.